The zero-order chi connectivity index (χ0) is 17.8. The minimum atomic E-state index is -0.385. The Morgan fingerprint density at radius 3 is 2.64 bits per heavy atom. The highest BCUT2D eigenvalue weighted by Gasteiger charge is 2.13. The lowest BCUT2D eigenvalue weighted by atomic mass is 10.1. The second-order valence-corrected chi connectivity index (χ2v) is 6.85. The Kier molecular flexibility index (Phi) is 5.40. The summed E-state index contributed by atoms with van der Waals surface area (Å²) in [7, 11) is 0. The number of nitrogens with zero attached hydrogens (tertiary/aromatic N) is 2. The molecular weight excluding hydrogens is 361 g/mol. The van der Waals surface area contributed by atoms with Crippen LogP contribution in [0.4, 0.5) is 9.52 Å². The van der Waals surface area contributed by atoms with Gasteiger partial charge in [-0.25, -0.2) is 4.39 Å². The summed E-state index contributed by atoms with van der Waals surface area (Å²) in [6.45, 7) is 2.06. The highest BCUT2D eigenvalue weighted by Crippen LogP contribution is 2.25. The maximum atomic E-state index is 13.8. The molecule has 1 aromatic heterocycles. The molecule has 4 nitrogen and oxygen atoms in total. The number of amides is 1. The first-order chi connectivity index (χ1) is 12.1. The Morgan fingerprint density at radius 2 is 1.96 bits per heavy atom. The van der Waals surface area contributed by atoms with Gasteiger partial charge < -0.3 is 0 Å². The van der Waals surface area contributed by atoms with Crippen LogP contribution in [0.1, 0.15) is 33.4 Å². The standard InChI is InChI=1S/C18H15ClFN3OS/c1-2-11-6-8-12(9-7-11)17(24)21-18-23-22-16(25-18)10-13-14(19)4-3-5-15(13)20/h3-9H,2,10H2,1H3,(H,21,23,24). The van der Waals surface area contributed by atoms with Gasteiger partial charge in [0.2, 0.25) is 5.13 Å². The number of hydrogen-bond acceptors (Lipinski definition) is 4. The molecule has 0 aliphatic heterocycles. The molecular formula is C18H15ClFN3OS. The number of benzene rings is 2. The molecule has 0 bridgehead atoms. The molecule has 0 unspecified atom stereocenters. The van der Waals surface area contributed by atoms with Gasteiger partial charge in [-0.1, -0.05) is 48.1 Å². The predicted octanol–water partition coefficient (Wildman–Crippen LogP) is 4.74. The topological polar surface area (TPSA) is 54.9 Å². The maximum Gasteiger partial charge on any atom is 0.257 e. The molecule has 0 spiro atoms. The molecule has 0 atom stereocenters. The van der Waals surface area contributed by atoms with Crippen molar-refractivity contribution in [2.75, 3.05) is 5.32 Å². The van der Waals surface area contributed by atoms with Crippen molar-refractivity contribution >= 4 is 34.0 Å². The summed E-state index contributed by atoms with van der Waals surface area (Å²) < 4.78 is 13.8. The third kappa shape index (κ3) is 4.21. The molecule has 1 heterocycles. The fraction of sp³-hybridized carbons (Fsp3) is 0.167. The zero-order valence-electron chi connectivity index (χ0n) is 13.4. The van der Waals surface area contributed by atoms with Crippen LogP contribution in [-0.4, -0.2) is 16.1 Å². The minimum absolute atomic E-state index is 0.226. The number of anilines is 1. The maximum absolute atomic E-state index is 13.8. The lowest BCUT2D eigenvalue weighted by Crippen LogP contribution is -2.11. The second-order valence-electron chi connectivity index (χ2n) is 5.38. The van der Waals surface area contributed by atoms with E-state index in [1.807, 2.05) is 12.1 Å². The summed E-state index contributed by atoms with van der Waals surface area (Å²) in [5, 5.41) is 11.9. The van der Waals surface area contributed by atoms with Crippen molar-refractivity contribution in [2.45, 2.75) is 19.8 Å². The van der Waals surface area contributed by atoms with Crippen molar-refractivity contribution < 1.29 is 9.18 Å². The molecule has 1 N–H and O–H groups in total. The average Bonchev–Trinajstić information content (AvgIpc) is 3.05. The Labute approximate surface area is 153 Å². The van der Waals surface area contributed by atoms with Crippen molar-refractivity contribution in [3.8, 4) is 0 Å². The summed E-state index contributed by atoms with van der Waals surface area (Å²) in [6.07, 6.45) is 1.14. The van der Waals surface area contributed by atoms with Crippen LogP contribution in [0.15, 0.2) is 42.5 Å². The largest absolute Gasteiger partial charge is 0.296 e. The first kappa shape index (κ1) is 17.5. The fourth-order valence-corrected chi connectivity index (χ4v) is 3.27. The van der Waals surface area contributed by atoms with E-state index >= 15 is 0 Å². The molecule has 1 amide bonds. The Hall–Kier alpha value is -2.31. The normalized spacial score (nSPS) is 10.7. The molecule has 25 heavy (non-hydrogen) atoms. The lowest BCUT2D eigenvalue weighted by molar-refractivity contribution is 0.102. The number of carbonyl (C=O) groups excluding carboxylic acids is 1. The number of carbonyl (C=O) groups is 1. The van der Waals surface area contributed by atoms with Crippen LogP contribution in [-0.2, 0) is 12.8 Å². The molecule has 3 rings (SSSR count). The molecule has 0 aliphatic carbocycles. The number of halogens is 2. The average molecular weight is 376 g/mol. The first-order valence-corrected chi connectivity index (χ1v) is 8.92. The van der Waals surface area contributed by atoms with Gasteiger partial charge in [-0.15, -0.1) is 10.2 Å². The van der Waals surface area contributed by atoms with Crippen LogP contribution in [0.5, 0.6) is 0 Å². The molecule has 0 radical (unpaired) electrons. The van der Waals surface area contributed by atoms with Crippen LogP contribution in [0.2, 0.25) is 5.02 Å². The summed E-state index contributed by atoms with van der Waals surface area (Å²) in [6, 6.07) is 11.9. The summed E-state index contributed by atoms with van der Waals surface area (Å²) >= 11 is 7.22. The van der Waals surface area contributed by atoms with E-state index in [1.54, 1.807) is 24.3 Å². The monoisotopic (exact) mass is 375 g/mol. The number of rotatable bonds is 5. The highest BCUT2D eigenvalue weighted by atomic mass is 35.5. The molecule has 3 aromatic rings. The van der Waals surface area contributed by atoms with E-state index in [0.717, 1.165) is 12.0 Å². The van der Waals surface area contributed by atoms with Gasteiger partial charge in [0.25, 0.3) is 5.91 Å². The van der Waals surface area contributed by atoms with Crippen molar-refractivity contribution in [3.63, 3.8) is 0 Å². The van der Waals surface area contributed by atoms with Gasteiger partial charge in [-0.3, -0.25) is 10.1 Å². The number of aromatic nitrogens is 2. The third-order valence-corrected chi connectivity index (χ3v) is 4.89. The van der Waals surface area contributed by atoms with Crippen molar-refractivity contribution in [2.24, 2.45) is 0 Å². The number of nitrogens with one attached hydrogen (secondary N) is 1. The van der Waals surface area contributed by atoms with Gasteiger partial charge in [-0.2, -0.15) is 0 Å². The Morgan fingerprint density at radius 1 is 1.20 bits per heavy atom. The lowest BCUT2D eigenvalue weighted by Gasteiger charge is -2.03. The Bertz CT molecular complexity index is 875. The molecule has 0 fully saturated rings. The molecule has 0 saturated carbocycles. The predicted molar refractivity (Wildman–Crippen MR) is 97.9 cm³/mol. The van der Waals surface area contributed by atoms with E-state index in [1.165, 1.54) is 17.4 Å². The quantitative estimate of drug-likeness (QED) is 0.701. The van der Waals surface area contributed by atoms with Crippen LogP contribution in [0, 0.1) is 5.82 Å². The molecule has 7 heteroatoms. The summed E-state index contributed by atoms with van der Waals surface area (Å²) in [5.41, 5.74) is 2.08. The Balaban J connectivity index is 1.70. The van der Waals surface area contributed by atoms with E-state index < -0.39 is 0 Å². The molecule has 2 aromatic carbocycles. The highest BCUT2D eigenvalue weighted by molar-refractivity contribution is 7.15. The van der Waals surface area contributed by atoms with Crippen LogP contribution < -0.4 is 5.32 Å². The minimum Gasteiger partial charge on any atom is -0.296 e. The molecule has 0 aliphatic rings. The van der Waals surface area contributed by atoms with E-state index in [0.29, 0.717) is 26.3 Å². The first-order valence-electron chi connectivity index (χ1n) is 7.72. The van der Waals surface area contributed by atoms with Gasteiger partial charge in [-0.05, 0) is 36.2 Å². The van der Waals surface area contributed by atoms with Gasteiger partial charge in [0, 0.05) is 22.6 Å². The summed E-state index contributed by atoms with van der Waals surface area (Å²) in [4.78, 5) is 12.2. The van der Waals surface area contributed by atoms with Crippen molar-refractivity contribution in [1.29, 1.82) is 0 Å². The smallest absolute Gasteiger partial charge is 0.257 e. The van der Waals surface area contributed by atoms with E-state index in [-0.39, 0.29) is 18.1 Å². The van der Waals surface area contributed by atoms with E-state index in [2.05, 4.69) is 22.4 Å². The van der Waals surface area contributed by atoms with E-state index in [4.69, 9.17) is 11.6 Å². The van der Waals surface area contributed by atoms with Crippen LogP contribution >= 0.6 is 22.9 Å². The molecule has 128 valence electrons. The third-order valence-electron chi connectivity index (χ3n) is 3.70. The van der Waals surface area contributed by atoms with Gasteiger partial charge in [0.15, 0.2) is 0 Å². The van der Waals surface area contributed by atoms with Crippen molar-refractivity contribution in [1.82, 2.24) is 10.2 Å². The SMILES string of the molecule is CCc1ccc(C(=O)Nc2nnc(Cc3c(F)cccc3Cl)s2)cc1. The number of hydrogen-bond donors (Lipinski definition) is 1. The van der Waals surface area contributed by atoms with Crippen LogP contribution in [0.3, 0.4) is 0 Å². The summed E-state index contributed by atoms with van der Waals surface area (Å²) in [5.74, 6) is -0.640. The van der Waals surface area contributed by atoms with Gasteiger partial charge >= 0.3 is 0 Å². The van der Waals surface area contributed by atoms with Crippen molar-refractivity contribution in [3.05, 3.63) is 75.0 Å². The second kappa shape index (κ2) is 7.72. The zero-order valence-corrected chi connectivity index (χ0v) is 15.0. The van der Waals surface area contributed by atoms with Gasteiger partial charge in [0.05, 0.1) is 0 Å². The van der Waals surface area contributed by atoms with Gasteiger partial charge in [0.1, 0.15) is 10.8 Å². The number of aryl methyl sites for hydroxylation is 1. The molecule has 0 saturated heterocycles. The van der Waals surface area contributed by atoms with E-state index in [9.17, 15) is 9.18 Å². The van der Waals surface area contributed by atoms with Crippen LogP contribution in [0.25, 0.3) is 0 Å². The fourth-order valence-electron chi connectivity index (χ4n) is 2.29.